The zero-order chi connectivity index (χ0) is 29.0. The number of para-hydroxylation sites is 4. The normalized spacial score (nSPS) is 17.2. The molecule has 8 aromatic rings. The van der Waals surface area contributed by atoms with Gasteiger partial charge in [0.2, 0.25) is 0 Å². The first kappa shape index (κ1) is 25.4. The second-order valence-electron chi connectivity index (χ2n) is 12.0. The predicted molar refractivity (Wildman–Crippen MR) is 182 cm³/mol. The first-order valence-electron chi connectivity index (χ1n) is 15.7. The summed E-state index contributed by atoms with van der Waals surface area (Å²) in [4.78, 5) is 0. The van der Waals surface area contributed by atoms with Crippen molar-refractivity contribution in [3.05, 3.63) is 157 Å². The van der Waals surface area contributed by atoms with E-state index in [2.05, 4.69) is 155 Å². The molecule has 212 valence electrons. The van der Waals surface area contributed by atoms with Crippen LogP contribution in [0, 0.1) is 0 Å². The summed E-state index contributed by atoms with van der Waals surface area (Å²) < 4.78 is 11.7. The van der Waals surface area contributed by atoms with Crippen LogP contribution in [-0.2, 0) is 4.74 Å². The van der Waals surface area contributed by atoms with Gasteiger partial charge in [-0.25, -0.2) is 0 Å². The smallest absolute Gasteiger partial charge is 0.0833 e. The highest BCUT2D eigenvalue weighted by Crippen LogP contribution is 2.42. The minimum Gasteiger partial charge on any atom is -0.366 e. The van der Waals surface area contributed by atoms with E-state index in [4.69, 9.17) is 4.74 Å². The van der Waals surface area contributed by atoms with Gasteiger partial charge in [-0.15, -0.1) is 0 Å². The van der Waals surface area contributed by atoms with E-state index in [0.29, 0.717) is 0 Å². The summed E-state index contributed by atoms with van der Waals surface area (Å²) in [7, 11) is 0. The van der Waals surface area contributed by atoms with E-state index in [0.717, 1.165) is 19.3 Å². The Labute approximate surface area is 256 Å². The van der Waals surface area contributed by atoms with Crippen LogP contribution in [0.25, 0.3) is 55.0 Å². The monoisotopic (exact) mass is 568 g/mol. The number of aromatic nitrogens is 2. The third kappa shape index (κ3) is 4.00. The van der Waals surface area contributed by atoms with Crippen molar-refractivity contribution in [3.63, 3.8) is 0 Å². The van der Waals surface area contributed by atoms with Crippen LogP contribution in [-0.4, -0.2) is 9.13 Å². The Kier molecular flexibility index (Phi) is 5.92. The third-order valence-electron chi connectivity index (χ3n) is 9.43. The average molecular weight is 569 g/mol. The van der Waals surface area contributed by atoms with Crippen molar-refractivity contribution in [2.45, 2.75) is 31.5 Å². The van der Waals surface area contributed by atoms with Crippen molar-refractivity contribution >= 4 is 43.6 Å². The van der Waals surface area contributed by atoms with Crippen molar-refractivity contribution in [3.8, 4) is 11.4 Å². The molecule has 44 heavy (non-hydrogen) atoms. The van der Waals surface area contributed by atoms with Crippen molar-refractivity contribution in [1.29, 1.82) is 0 Å². The largest absolute Gasteiger partial charge is 0.366 e. The zero-order valence-corrected chi connectivity index (χ0v) is 24.4. The molecule has 1 fully saturated rings. The highest BCUT2D eigenvalue weighted by atomic mass is 16.5. The molecule has 1 aliphatic heterocycles. The molecule has 0 radical (unpaired) electrons. The van der Waals surface area contributed by atoms with Gasteiger partial charge in [-0.2, -0.15) is 0 Å². The molecule has 1 aliphatic rings. The van der Waals surface area contributed by atoms with Gasteiger partial charge in [-0.1, -0.05) is 84.9 Å². The van der Waals surface area contributed by atoms with Crippen LogP contribution < -0.4 is 0 Å². The van der Waals surface area contributed by atoms with Gasteiger partial charge in [0.25, 0.3) is 0 Å². The summed E-state index contributed by atoms with van der Waals surface area (Å²) >= 11 is 0. The maximum absolute atomic E-state index is 6.95. The van der Waals surface area contributed by atoms with Gasteiger partial charge in [0.15, 0.2) is 0 Å². The van der Waals surface area contributed by atoms with Gasteiger partial charge in [0, 0.05) is 32.9 Å². The molecular weight excluding hydrogens is 536 g/mol. The molecule has 2 atom stereocenters. The molecule has 0 spiro atoms. The molecule has 0 amide bonds. The maximum atomic E-state index is 6.95. The van der Waals surface area contributed by atoms with Crippen LogP contribution in [0.4, 0.5) is 0 Å². The van der Waals surface area contributed by atoms with Crippen molar-refractivity contribution in [1.82, 2.24) is 9.13 Å². The summed E-state index contributed by atoms with van der Waals surface area (Å²) in [6.45, 7) is 0. The molecule has 9 rings (SSSR count). The summed E-state index contributed by atoms with van der Waals surface area (Å²) in [6.07, 6.45) is 3.35. The topological polar surface area (TPSA) is 19.1 Å². The molecule has 2 unspecified atom stereocenters. The fourth-order valence-electron chi connectivity index (χ4n) is 7.41. The van der Waals surface area contributed by atoms with Crippen LogP contribution in [0.5, 0.6) is 0 Å². The molecule has 3 heterocycles. The number of hydrogen-bond acceptors (Lipinski definition) is 1. The molecule has 2 aromatic heterocycles. The SMILES string of the molecule is c1ccc(-n2c3ccccc3c3cc(C4CCCC(c5ccc6c(c5)c5ccccc5n6-c5ccccc5)O4)ccc32)cc1. The first-order chi connectivity index (χ1) is 21.8. The van der Waals surface area contributed by atoms with Gasteiger partial charge in [0.05, 0.1) is 34.3 Å². The van der Waals surface area contributed by atoms with Gasteiger partial charge in [-0.3, -0.25) is 0 Å². The Hall–Kier alpha value is -5.12. The molecule has 6 aromatic carbocycles. The fourth-order valence-corrected chi connectivity index (χ4v) is 7.41. The Morgan fingerprint density at radius 2 is 0.818 bits per heavy atom. The minimum absolute atomic E-state index is 0.0679. The molecule has 1 saturated heterocycles. The van der Waals surface area contributed by atoms with E-state index in [1.54, 1.807) is 0 Å². The first-order valence-corrected chi connectivity index (χ1v) is 15.7. The molecule has 0 aliphatic carbocycles. The fraction of sp³-hybridized carbons (Fsp3) is 0.122. The van der Waals surface area contributed by atoms with Crippen LogP contribution in [0.2, 0.25) is 0 Å². The summed E-state index contributed by atoms with van der Waals surface area (Å²) in [5, 5.41) is 5.12. The Morgan fingerprint density at radius 1 is 0.409 bits per heavy atom. The number of rotatable bonds is 4. The molecular formula is C41H32N2O. The van der Waals surface area contributed by atoms with E-state index in [1.165, 1.54) is 66.1 Å². The lowest BCUT2D eigenvalue weighted by molar-refractivity contribution is -0.0533. The second-order valence-corrected chi connectivity index (χ2v) is 12.0. The molecule has 0 saturated carbocycles. The number of benzene rings is 6. The number of nitrogens with zero attached hydrogens (tertiary/aromatic N) is 2. The summed E-state index contributed by atoms with van der Waals surface area (Å²) in [5.74, 6) is 0. The van der Waals surface area contributed by atoms with Crippen molar-refractivity contribution in [2.24, 2.45) is 0 Å². The van der Waals surface area contributed by atoms with E-state index in [-0.39, 0.29) is 12.2 Å². The van der Waals surface area contributed by atoms with Crippen LogP contribution in [0.15, 0.2) is 146 Å². The zero-order valence-electron chi connectivity index (χ0n) is 24.4. The van der Waals surface area contributed by atoms with Crippen LogP contribution >= 0.6 is 0 Å². The number of fused-ring (bicyclic) bond motifs is 6. The van der Waals surface area contributed by atoms with Crippen molar-refractivity contribution in [2.75, 3.05) is 0 Å². The Balaban J connectivity index is 1.10. The lowest BCUT2D eigenvalue weighted by atomic mass is 9.93. The lowest BCUT2D eigenvalue weighted by Gasteiger charge is -2.31. The molecule has 0 N–H and O–H groups in total. The van der Waals surface area contributed by atoms with E-state index in [1.807, 2.05) is 0 Å². The predicted octanol–water partition coefficient (Wildman–Crippen LogP) is 10.9. The number of ether oxygens (including phenoxy) is 1. The van der Waals surface area contributed by atoms with E-state index in [9.17, 15) is 0 Å². The second kappa shape index (κ2) is 10.3. The van der Waals surface area contributed by atoms with Gasteiger partial charge < -0.3 is 13.9 Å². The van der Waals surface area contributed by atoms with Crippen LogP contribution in [0.1, 0.15) is 42.6 Å². The van der Waals surface area contributed by atoms with Gasteiger partial charge in [0.1, 0.15) is 0 Å². The van der Waals surface area contributed by atoms with Crippen LogP contribution in [0.3, 0.4) is 0 Å². The highest BCUT2D eigenvalue weighted by molar-refractivity contribution is 6.10. The molecule has 3 heteroatoms. The summed E-state index contributed by atoms with van der Waals surface area (Å²) in [5.41, 5.74) is 9.82. The number of hydrogen-bond donors (Lipinski definition) is 0. The molecule has 0 bridgehead atoms. The third-order valence-corrected chi connectivity index (χ3v) is 9.43. The minimum atomic E-state index is 0.0679. The summed E-state index contributed by atoms with van der Waals surface area (Å²) in [6, 6.07) is 52.7. The Bertz CT molecular complexity index is 2130. The van der Waals surface area contributed by atoms with Gasteiger partial charge >= 0.3 is 0 Å². The lowest BCUT2D eigenvalue weighted by Crippen LogP contribution is -2.16. The van der Waals surface area contributed by atoms with E-state index < -0.39 is 0 Å². The maximum Gasteiger partial charge on any atom is 0.0833 e. The molecule has 3 nitrogen and oxygen atoms in total. The highest BCUT2D eigenvalue weighted by Gasteiger charge is 2.26. The Morgan fingerprint density at radius 3 is 1.30 bits per heavy atom. The quantitative estimate of drug-likeness (QED) is 0.207. The van der Waals surface area contributed by atoms with E-state index >= 15 is 0 Å². The van der Waals surface area contributed by atoms with Crippen molar-refractivity contribution < 1.29 is 4.74 Å². The van der Waals surface area contributed by atoms with Gasteiger partial charge in [-0.05, 0) is 91.1 Å². The average Bonchev–Trinajstić information content (AvgIpc) is 3.61. The standard InChI is InChI=1S/C41H32N2O/c1-3-12-30(13-4-1)42-36-18-9-7-16-32(36)34-26-28(22-24-38(34)42)40-20-11-21-41(44-40)29-23-25-39-35(27-29)33-17-8-10-19-37(33)43(39)31-14-5-2-6-15-31/h1-10,12-19,22-27,40-41H,11,20-21H2.